The summed E-state index contributed by atoms with van der Waals surface area (Å²) in [5.74, 6) is -1.04. The Morgan fingerprint density at radius 3 is 2.27 bits per heavy atom. The smallest absolute Gasteiger partial charge is 0.311 e. The lowest BCUT2D eigenvalue weighted by Gasteiger charge is -2.25. The molecule has 8 heteroatoms. The Hall–Kier alpha value is -1.93. The molecule has 0 saturated carbocycles. The van der Waals surface area contributed by atoms with E-state index in [0.717, 1.165) is 24.8 Å². The van der Waals surface area contributed by atoms with E-state index in [1.54, 1.807) is 43.0 Å². The Balaban J connectivity index is 1.82. The quantitative estimate of drug-likeness (QED) is 0.720. The van der Waals surface area contributed by atoms with Crippen LogP contribution in [-0.4, -0.2) is 50.8 Å². The van der Waals surface area contributed by atoms with Crippen molar-refractivity contribution in [2.24, 2.45) is 0 Å². The number of nitrogens with one attached hydrogen (secondary N) is 2. The van der Waals surface area contributed by atoms with Gasteiger partial charge in [-0.2, -0.15) is 0 Å². The van der Waals surface area contributed by atoms with Crippen LogP contribution in [0.1, 0.15) is 38.7 Å². The molecular weight excluding hydrogens is 354 g/mol. The second-order valence-corrected chi connectivity index (χ2v) is 8.49. The Kier molecular flexibility index (Phi) is 7.16. The van der Waals surface area contributed by atoms with Crippen LogP contribution < -0.4 is 10.0 Å². The maximum atomic E-state index is 12.1. The zero-order valence-electron chi connectivity index (χ0n) is 15.3. The number of piperidine rings is 1. The normalized spacial score (nSPS) is 15.1. The lowest BCUT2D eigenvalue weighted by atomic mass is 10.1. The third kappa shape index (κ3) is 5.81. The van der Waals surface area contributed by atoms with Crippen LogP contribution >= 0.6 is 0 Å². The molecule has 1 aliphatic rings. The number of likely N-dealkylation sites (tertiary alicyclic amines) is 1. The zero-order valence-corrected chi connectivity index (χ0v) is 16.1. The minimum absolute atomic E-state index is 0.174. The van der Waals surface area contributed by atoms with Gasteiger partial charge in [0.2, 0.25) is 10.0 Å². The van der Waals surface area contributed by atoms with Gasteiger partial charge in [-0.05, 0) is 57.2 Å². The van der Waals surface area contributed by atoms with Crippen LogP contribution in [0.5, 0.6) is 0 Å². The number of sulfonamides is 1. The largest absolute Gasteiger partial charge is 0.347 e. The SMILES string of the molecule is CC(C)NS(=O)(=O)c1ccc(CCNC(=O)C(=O)N2CCCCC2)cc1. The third-order valence-corrected chi connectivity index (χ3v) is 5.84. The van der Waals surface area contributed by atoms with Crippen LogP contribution in [0.2, 0.25) is 0 Å². The van der Waals surface area contributed by atoms with E-state index in [1.807, 2.05) is 0 Å². The van der Waals surface area contributed by atoms with Gasteiger partial charge < -0.3 is 10.2 Å². The first-order valence-corrected chi connectivity index (χ1v) is 10.5. The van der Waals surface area contributed by atoms with Crippen LogP contribution in [0.15, 0.2) is 29.2 Å². The summed E-state index contributed by atoms with van der Waals surface area (Å²) < 4.78 is 26.7. The van der Waals surface area contributed by atoms with Crippen molar-refractivity contribution in [3.8, 4) is 0 Å². The number of rotatable bonds is 6. The van der Waals surface area contributed by atoms with Gasteiger partial charge in [0.15, 0.2) is 0 Å². The molecular formula is C18H27N3O4S. The third-order valence-electron chi connectivity index (χ3n) is 4.16. The Morgan fingerprint density at radius 1 is 1.08 bits per heavy atom. The minimum Gasteiger partial charge on any atom is -0.347 e. The van der Waals surface area contributed by atoms with Crippen molar-refractivity contribution in [1.82, 2.24) is 14.9 Å². The highest BCUT2D eigenvalue weighted by molar-refractivity contribution is 7.89. The highest BCUT2D eigenvalue weighted by Gasteiger charge is 2.22. The second kappa shape index (κ2) is 9.14. The van der Waals surface area contributed by atoms with Gasteiger partial charge in [-0.25, -0.2) is 13.1 Å². The first-order valence-electron chi connectivity index (χ1n) is 8.98. The molecule has 1 aliphatic heterocycles. The predicted molar refractivity (Wildman–Crippen MR) is 99.0 cm³/mol. The van der Waals surface area contributed by atoms with E-state index in [1.165, 1.54) is 0 Å². The van der Waals surface area contributed by atoms with E-state index < -0.39 is 21.8 Å². The summed E-state index contributed by atoms with van der Waals surface area (Å²) in [6, 6.07) is 6.34. The van der Waals surface area contributed by atoms with Gasteiger partial charge in [0, 0.05) is 25.7 Å². The fourth-order valence-electron chi connectivity index (χ4n) is 2.85. The van der Waals surface area contributed by atoms with Crippen LogP contribution in [0.4, 0.5) is 0 Å². The van der Waals surface area contributed by atoms with Gasteiger partial charge in [-0.3, -0.25) is 9.59 Å². The molecule has 0 bridgehead atoms. The average molecular weight is 381 g/mol. The first-order chi connectivity index (χ1) is 12.3. The molecule has 7 nitrogen and oxygen atoms in total. The minimum atomic E-state index is -3.50. The monoisotopic (exact) mass is 381 g/mol. The number of carbonyl (C=O) groups is 2. The summed E-state index contributed by atoms with van der Waals surface area (Å²) in [6.45, 7) is 5.15. The van der Waals surface area contributed by atoms with Gasteiger partial charge in [-0.15, -0.1) is 0 Å². The zero-order chi connectivity index (χ0) is 19.2. The molecule has 0 unspecified atom stereocenters. The van der Waals surface area contributed by atoms with E-state index in [-0.39, 0.29) is 10.9 Å². The molecule has 0 aliphatic carbocycles. The van der Waals surface area contributed by atoms with E-state index in [0.29, 0.717) is 26.1 Å². The molecule has 1 heterocycles. The molecule has 2 amide bonds. The molecule has 1 aromatic carbocycles. The number of carbonyl (C=O) groups excluding carboxylic acids is 2. The second-order valence-electron chi connectivity index (χ2n) is 6.78. The van der Waals surface area contributed by atoms with E-state index >= 15 is 0 Å². The highest BCUT2D eigenvalue weighted by atomic mass is 32.2. The fraction of sp³-hybridized carbons (Fsp3) is 0.556. The van der Waals surface area contributed by atoms with Crippen molar-refractivity contribution in [1.29, 1.82) is 0 Å². The molecule has 144 valence electrons. The van der Waals surface area contributed by atoms with Crippen LogP contribution in [0, 0.1) is 0 Å². The number of benzene rings is 1. The Labute approximate surface area is 155 Å². The van der Waals surface area contributed by atoms with E-state index in [2.05, 4.69) is 10.0 Å². The van der Waals surface area contributed by atoms with Gasteiger partial charge in [0.05, 0.1) is 4.90 Å². The van der Waals surface area contributed by atoms with Gasteiger partial charge in [0.25, 0.3) is 0 Å². The van der Waals surface area contributed by atoms with Crippen molar-refractivity contribution in [3.63, 3.8) is 0 Å². The molecule has 2 N–H and O–H groups in total. The number of hydrogen-bond donors (Lipinski definition) is 2. The van der Waals surface area contributed by atoms with Gasteiger partial charge in [-0.1, -0.05) is 12.1 Å². The summed E-state index contributed by atoms with van der Waals surface area (Å²) in [5.41, 5.74) is 0.888. The molecule has 2 rings (SSSR count). The van der Waals surface area contributed by atoms with Crippen LogP contribution in [0.3, 0.4) is 0 Å². The maximum Gasteiger partial charge on any atom is 0.311 e. The van der Waals surface area contributed by atoms with Gasteiger partial charge >= 0.3 is 11.8 Å². The van der Waals surface area contributed by atoms with E-state index in [4.69, 9.17) is 0 Å². The number of hydrogen-bond acceptors (Lipinski definition) is 4. The summed E-state index contributed by atoms with van der Waals surface area (Å²) >= 11 is 0. The molecule has 26 heavy (non-hydrogen) atoms. The van der Waals surface area contributed by atoms with Crippen molar-refractivity contribution in [3.05, 3.63) is 29.8 Å². The van der Waals surface area contributed by atoms with Crippen molar-refractivity contribution < 1.29 is 18.0 Å². The summed E-state index contributed by atoms with van der Waals surface area (Å²) in [4.78, 5) is 25.8. The van der Waals surface area contributed by atoms with E-state index in [9.17, 15) is 18.0 Å². The molecule has 0 atom stereocenters. The first kappa shape index (κ1) is 20.4. The van der Waals surface area contributed by atoms with Crippen molar-refractivity contribution >= 4 is 21.8 Å². The lowest BCUT2D eigenvalue weighted by Crippen LogP contribution is -2.45. The Bertz CT molecular complexity index is 723. The molecule has 1 fully saturated rings. The summed E-state index contributed by atoms with van der Waals surface area (Å²) in [5, 5.41) is 2.64. The highest BCUT2D eigenvalue weighted by Crippen LogP contribution is 2.12. The predicted octanol–water partition coefficient (Wildman–Crippen LogP) is 1.04. The van der Waals surface area contributed by atoms with Crippen molar-refractivity contribution in [2.75, 3.05) is 19.6 Å². The number of nitrogens with zero attached hydrogens (tertiary/aromatic N) is 1. The average Bonchev–Trinajstić information content (AvgIpc) is 2.61. The lowest BCUT2D eigenvalue weighted by molar-refractivity contribution is -0.146. The van der Waals surface area contributed by atoms with Crippen LogP contribution in [0.25, 0.3) is 0 Å². The Morgan fingerprint density at radius 2 is 1.69 bits per heavy atom. The maximum absolute atomic E-state index is 12.1. The summed E-state index contributed by atoms with van der Waals surface area (Å²) in [6.07, 6.45) is 3.51. The molecule has 0 radical (unpaired) electrons. The standard InChI is InChI=1S/C18H27N3O4S/c1-14(2)20-26(24,25)16-8-6-15(7-9-16)10-11-19-17(22)18(23)21-12-4-3-5-13-21/h6-9,14,20H,3-5,10-13H2,1-2H3,(H,19,22). The molecule has 0 aromatic heterocycles. The van der Waals surface area contributed by atoms with Gasteiger partial charge in [0.1, 0.15) is 0 Å². The molecule has 1 aromatic rings. The molecule has 1 saturated heterocycles. The van der Waals surface area contributed by atoms with Crippen LogP contribution in [-0.2, 0) is 26.0 Å². The topological polar surface area (TPSA) is 95.6 Å². The molecule has 0 spiro atoms. The summed E-state index contributed by atoms with van der Waals surface area (Å²) in [7, 11) is -3.50. The fourth-order valence-corrected chi connectivity index (χ4v) is 4.10. The number of amides is 2. The van der Waals surface area contributed by atoms with Crippen molar-refractivity contribution in [2.45, 2.75) is 50.5 Å².